The second kappa shape index (κ2) is 7.41. The number of carbonyl (C=O) groups excluding carboxylic acids is 1. The minimum absolute atomic E-state index is 0.437. The molecule has 0 aliphatic carbocycles. The van der Waals surface area contributed by atoms with Crippen LogP contribution in [0.1, 0.15) is 26.5 Å². The Hall–Kier alpha value is -2.15. The van der Waals surface area contributed by atoms with Gasteiger partial charge in [-0.25, -0.2) is 9.78 Å². The maximum absolute atomic E-state index is 11.7. The van der Waals surface area contributed by atoms with E-state index in [1.165, 1.54) is 0 Å². The quantitative estimate of drug-likeness (QED) is 0.833. The number of rotatable bonds is 4. The van der Waals surface area contributed by atoms with E-state index >= 15 is 0 Å². The third-order valence-electron chi connectivity index (χ3n) is 2.65. The molecule has 0 atom stereocenters. The Bertz CT molecular complexity index is 651. The second-order valence-corrected chi connectivity index (χ2v) is 6.80. The van der Waals surface area contributed by atoms with E-state index in [0.29, 0.717) is 12.4 Å². The third kappa shape index (κ3) is 6.23. The average Bonchev–Trinajstić information content (AvgIpc) is 2.46. The SMILES string of the molecule is CC(C)(C)OC(=O)Nc1ccc(NCc2ccc(Br)cn2)cn1. The van der Waals surface area contributed by atoms with Gasteiger partial charge in [-0.05, 0) is 61.0 Å². The average molecular weight is 379 g/mol. The highest BCUT2D eigenvalue weighted by Crippen LogP contribution is 2.14. The number of nitrogens with zero attached hydrogens (tertiary/aromatic N) is 2. The van der Waals surface area contributed by atoms with Crippen molar-refractivity contribution in [1.82, 2.24) is 9.97 Å². The van der Waals surface area contributed by atoms with Crippen LogP contribution < -0.4 is 10.6 Å². The van der Waals surface area contributed by atoms with E-state index in [2.05, 4.69) is 36.5 Å². The first-order valence-electron chi connectivity index (χ1n) is 7.12. The molecule has 0 aliphatic rings. The number of nitrogens with one attached hydrogen (secondary N) is 2. The molecule has 6 nitrogen and oxygen atoms in total. The Morgan fingerprint density at radius 3 is 2.52 bits per heavy atom. The Labute approximate surface area is 143 Å². The summed E-state index contributed by atoms with van der Waals surface area (Å²) in [6, 6.07) is 7.42. The van der Waals surface area contributed by atoms with Gasteiger partial charge in [0.2, 0.25) is 0 Å². The van der Waals surface area contributed by atoms with Crippen molar-refractivity contribution in [3.63, 3.8) is 0 Å². The van der Waals surface area contributed by atoms with Crippen molar-refractivity contribution in [3.8, 4) is 0 Å². The van der Waals surface area contributed by atoms with Gasteiger partial charge in [-0.15, -0.1) is 0 Å². The molecule has 7 heteroatoms. The van der Waals surface area contributed by atoms with Crippen molar-refractivity contribution in [3.05, 3.63) is 46.8 Å². The standard InChI is InChI=1S/C16H19BrN4O2/c1-16(2,3)23-15(22)21-14-7-6-13(10-20-14)19-9-12-5-4-11(17)8-18-12/h4-8,10,19H,9H2,1-3H3,(H,20,21,22). The number of ether oxygens (including phenoxy) is 1. The molecule has 122 valence electrons. The summed E-state index contributed by atoms with van der Waals surface area (Å²) in [7, 11) is 0. The summed E-state index contributed by atoms with van der Waals surface area (Å²) in [4.78, 5) is 20.1. The van der Waals surface area contributed by atoms with Crippen LogP contribution in [0.2, 0.25) is 0 Å². The van der Waals surface area contributed by atoms with Crippen molar-refractivity contribution in [2.24, 2.45) is 0 Å². The van der Waals surface area contributed by atoms with Gasteiger partial charge in [0.05, 0.1) is 24.1 Å². The van der Waals surface area contributed by atoms with Gasteiger partial charge in [-0.1, -0.05) is 0 Å². The van der Waals surface area contributed by atoms with Crippen molar-refractivity contribution in [2.45, 2.75) is 32.9 Å². The molecular formula is C16H19BrN4O2. The molecule has 2 heterocycles. The van der Waals surface area contributed by atoms with E-state index in [1.807, 2.05) is 39.0 Å². The largest absolute Gasteiger partial charge is 0.444 e. The molecule has 2 rings (SSSR count). The molecular weight excluding hydrogens is 360 g/mol. The van der Waals surface area contributed by atoms with Gasteiger partial charge in [0.25, 0.3) is 0 Å². The molecule has 2 N–H and O–H groups in total. The summed E-state index contributed by atoms with van der Waals surface area (Å²) in [5.41, 5.74) is 1.22. The first-order chi connectivity index (χ1) is 10.8. The highest BCUT2D eigenvalue weighted by atomic mass is 79.9. The number of anilines is 2. The minimum Gasteiger partial charge on any atom is -0.444 e. The van der Waals surface area contributed by atoms with Crippen LogP contribution in [0.5, 0.6) is 0 Å². The monoisotopic (exact) mass is 378 g/mol. The topological polar surface area (TPSA) is 76.1 Å². The number of hydrogen-bond acceptors (Lipinski definition) is 5. The Kier molecular flexibility index (Phi) is 5.54. The zero-order chi connectivity index (χ0) is 16.9. The number of hydrogen-bond donors (Lipinski definition) is 2. The van der Waals surface area contributed by atoms with Crippen molar-refractivity contribution >= 4 is 33.5 Å². The van der Waals surface area contributed by atoms with Crippen LogP contribution >= 0.6 is 15.9 Å². The fourth-order valence-corrected chi connectivity index (χ4v) is 1.92. The van der Waals surface area contributed by atoms with Gasteiger partial charge in [0, 0.05) is 10.7 Å². The van der Waals surface area contributed by atoms with Gasteiger partial charge >= 0.3 is 6.09 Å². The number of amides is 1. The molecule has 0 spiro atoms. The van der Waals surface area contributed by atoms with Gasteiger partial charge in [0.1, 0.15) is 11.4 Å². The third-order valence-corrected chi connectivity index (χ3v) is 3.12. The number of pyridine rings is 2. The summed E-state index contributed by atoms with van der Waals surface area (Å²) in [6.45, 7) is 6.02. The van der Waals surface area contributed by atoms with Crippen LogP contribution in [0.15, 0.2) is 41.1 Å². The Balaban J connectivity index is 1.87. The normalized spacial score (nSPS) is 11.0. The van der Waals surface area contributed by atoms with Crippen LogP contribution in [-0.4, -0.2) is 21.7 Å². The molecule has 23 heavy (non-hydrogen) atoms. The molecule has 1 amide bonds. The Morgan fingerprint density at radius 1 is 1.17 bits per heavy atom. The molecule has 2 aromatic heterocycles. The summed E-state index contributed by atoms with van der Waals surface area (Å²) in [5, 5.41) is 5.80. The predicted molar refractivity (Wildman–Crippen MR) is 93.4 cm³/mol. The van der Waals surface area contributed by atoms with E-state index in [0.717, 1.165) is 15.9 Å². The number of carbonyl (C=O) groups is 1. The zero-order valence-electron chi connectivity index (χ0n) is 13.3. The van der Waals surface area contributed by atoms with Gasteiger partial charge in [-0.2, -0.15) is 0 Å². The van der Waals surface area contributed by atoms with Crippen molar-refractivity contribution in [1.29, 1.82) is 0 Å². The van der Waals surface area contributed by atoms with Gasteiger partial charge in [0.15, 0.2) is 0 Å². The van der Waals surface area contributed by atoms with Gasteiger partial charge < -0.3 is 10.1 Å². The van der Waals surface area contributed by atoms with Crippen molar-refractivity contribution < 1.29 is 9.53 Å². The number of halogens is 1. The maximum atomic E-state index is 11.7. The van der Waals surface area contributed by atoms with E-state index < -0.39 is 11.7 Å². The van der Waals surface area contributed by atoms with Crippen LogP contribution in [0.3, 0.4) is 0 Å². The maximum Gasteiger partial charge on any atom is 0.413 e. The molecule has 0 saturated carbocycles. The summed E-state index contributed by atoms with van der Waals surface area (Å²) < 4.78 is 6.11. The summed E-state index contributed by atoms with van der Waals surface area (Å²) in [5.74, 6) is 0.437. The minimum atomic E-state index is -0.538. The molecule has 0 saturated heterocycles. The predicted octanol–water partition coefficient (Wildman–Crippen LogP) is 4.20. The number of aromatic nitrogens is 2. The highest BCUT2D eigenvalue weighted by molar-refractivity contribution is 9.10. The van der Waals surface area contributed by atoms with Crippen LogP contribution in [-0.2, 0) is 11.3 Å². The molecule has 0 fully saturated rings. The summed E-state index contributed by atoms with van der Waals surface area (Å²) in [6.07, 6.45) is 2.87. The van der Waals surface area contributed by atoms with E-state index in [-0.39, 0.29) is 0 Å². The van der Waals surface area contributed by atoms with Gasteiger partial charge in [-0.3, -0.25) is 10.3 Å². The first-order valence-corrected chi connectivity index (χ1v) is 7.91. The fraction of sp³-hybridized carbons (Fsp3) is 0.312. The fourth-order valence-electron chi connectivity index (χ4n) is 1.68. The lowest BCUT2D eigenvalue weighted by Crippen LogP contribution is -2.27. The van der Waals surface area contributed by atoms with Crippen LogP contribution in [0.4, 0.5) is 16.3 Å². The van der Waals surface area contributed by atoms with E-state index in [1.54, 1.807) is 18.5 Å². The highest BCUT2D eigenvalue weighted by Gasteiger charge is 2.16. The molecule has 0 aliphatic heterocycles. The molecule has 2 aromatic rings. The Morgan fingerprint density at radius 2 is 1.96 bits per heavy atom. The van der Waals surface area contributed by atoms with E-state index in [4.69, 9.17) is 4.74 Å². The lowest BCUT2D eigenvalue weighted by molar-refractivity contribution is 0.0635. The van der Waals surface area contributed by atoms with Crippen LogP contribution in [0.25, 0.3) is 0 Å². The van der Waals surface area contributed by atoms with Crippen molar-refractivity contribution in [2.75, 3.05) is 10.6 Å². The molecule has 0 aromatic carbocycles. The van der Waals surface area contributed by atoms with E-state index in [9.17, 15) is 4.79 Å². The zero-order valence-corrected chi connectivity index (χ0v) is 14.8. The molecule has 0 unspecified atom stereocenters. The van der Waals surface area contributed by atoms with Crippen LogP contribution in [0, 0.1) is 0 Å². The molecule has 0 bridgehead atoms. The lowest BCUT2D eigenvalue weighted by atomic mass is 10.2. The second-order valence-electron chi connectivity index (χ2n) is 5.88. The summed E-state index contributed by atoms with van der Waals surface area (Å²) >= 11 is 3.35. The molecule has 0 radical (unpaired) electrons. The smallest absolute Gasteiger partial charge is 0.413 e. The lowest BCUT2D eigenvalue weighted by Gasteiger charge is -2.19. The first kappa shape index (κ1) is 17.2.